The molecule has 0 saturated carbocycles. The Morgan fingerprint density at radius 1 is 1.30 bits per heavy atom. The van der Waals surface area contributed by atoms with Crippen LogP contribution in [0.3, 0.4) is 0 Å². The minimum Gasteiger partial charge on any atom is -0.398 e. The lowest BCUT2D eigenvalue weighted by Gasteiger charge is -2.18. The first-order valence-corrected chi connectivity index (χ1v) is 9.63. The van der Waals surface area contributed by atoms with E-state index in [1.165, 1.54) is 7.05 Å². The molecule has 114 valence electrons. The lowest BCUT2D eigenvalue weighted by atomic mass is 10.3. The fourth-order valence-electron chi connectivity index (χ4n) is 1.35. The number of hydrogen-bond acceptors (Lipinski definition) is 5. The number of sulfonamides is 1. The zero-order chi connectivity index (χ0) is 15.7. The number of rotatable bonds is 5. The van der Waals surface area contributed by atoms with E-state index in [0.29, 0.717) is 0 Å². The molecule has 2 N–H and O–H groups in total. The van der Waals surface area contributed by atoms with Crippen LogP contribution in [0.25, 0.3) is 0 Å². The van der Waals surface area contributed by atoms with Crippen molar-refractivity contribution in [3.05, 3.63) is 22.4 Å². The summed E-state index contributed by atoms with van der Waals surface area (Å²) >= 11 is 2.88. The molecule has 20 heavy (non-hydrogen) atoms. The van der Waals surface area contributed by atoms with Gasteiger partial charge >= 0.3 is 0 Å². The summed E-state index contributed by atoms with van der Waals surface area (Å²) in [5, 5.41) is 0. The van der Waals surface area contributed by atoms with Gasteiger partial charge in [0.15, 0.2) is 0 Å². The second-order valence-electron chi connectivity index (χ2n) is 4.26. The molecule has 0 heterocycles. The van der Waals surface area contributed by atoms with Crippen molar-refractivity contribution < 1.29 is 21.2 Å². The SMILES string of the molecule is CN(CCS(C)(=O)=O)S(=O)(=O)c1cc(Br)c(F)cc1N. The summed E-state index contributed by atoms with van der Waals surface area (Å²) in [6.07, 6.45) is 1.01. The molecular formula is C10H14BrFN2O4S2. The number of nitrogen functional groups attached to an aromatic ring is 1. The average Bonchev–Trinajstić information content (AvgIpc) is 2.29. The van der Waals surface area contributed by atoms with E-state index >= 15 is 0 Å². The van der Waals surface area contributed by atoms with E-state index in [-0.39, 0.29) is 27.4 Å². The van der Waals surface area contributed by atoms with Crippen LogP contribution >= 0.6 is 15.9 Å². The Balaban J connectivity index is 3.14. The van der Waals surface area contributed by atoms with E-state index in [1.807, 2.05) is 0 Å². The molecule has 0 aliphatic rings. The third-order valence-corrected chi connectivity index (χ3v) is 5.96. The minimum absolute atomic E-state index is 0.0400. The van der Waals surface area contributed by atoms with E-state index in [4.69, 9.17) is 5.73 Å². The van der Waals surface area contributed by atoms with Crippen molar-refractivity contribution in [2.75, 3.05) is 31.3 Å². The molecule has 0 unspecified atom stereocenters. The number of hydrogen-bond donors (Lipinski definition) is 1. The van der Waals surface area contributed by atoms with Gasteiger partial charge in [0.2, 0.25) is 10.0 Å². The smallest absolute Gasteiger partial charge is 0.244 e. The fourth-order valence-corrected chi connectivity index (χ4v) is 3.86. The Morgan fingerprint density at radius 3 is 2.35 bits per heavy atom. The highest BCUT2D eigenvalue weighted by molar-refractivity contribution is 9.10. The van der Waals surface area contributed by atoms with Crippen LogP contribution in [0.5, 0.6) is 0 Å². The summed E-state index contributed by atoms with van der Waals surface area (Å²) in [6, 6.07) is 1.94. The predicted octanol–water partition coefficient (Wildman–Crippen LogP) is 0.836. The lowest BCUT2D eigenvalue weighted by molar-refractivity contribution is 0.485. The quantitative estimate of drug-likeness (QED) is 0.753. The van der Waals surface area contributed by atoms with E-state index in [0.717, 1.165) is 22.7 Å². The Labute approximate surface area is 125 Å². The van der Waals surface area contributed by atoms with Crippen molar-refractivity contribution in [2.24, 2.45) is 0 Å². The van der Waals surface area contributed by atoms with Gasteiger partial charge in [-0.3, -0.25) is 0 Å². The first kappa shape index (κ1) is 17.3. The summed E-state index contributed by atoms with van der Waals surface area (Å²) in [5.74, 6) is -0.995. The standard InChI is InChI=1S/C10H14BrFN2O4S2/c1-14(3-4-19(2,15)16)20(17,18)10-5-7(11)8(12)6-9(10)13/h5-6H,3-4,13H2,1-2H3. The van der Waals surface area contributed by atoms with Gasteiger partial charge in [0.05, 0.1) is 15.9 Å². The second kappa shape index (κ2) is 5.96. The van der Waals surface area contributed by atoms with Gasteiger partial charge in [-0.15, -0.1) is 0 Å². The number of nitrogens with two attached hydrogens (primary N) is 1. The van der Waals surface area contributed by atoms with E-state index in [2.05, 4.69) is 15.9 Å². The van der Waals surface area contributed by atoms with Crippen molar-refractivity contribution in [1.82, 2.24) is 4.31 Å². The zero-order valence-electron chi connectivity index (χ0n) is 10.8. The predicted molar refractivity (Wildman–Crippen MR) is 78.0 cm³/mol. The Bertz CT molecular complexity index is 719. The van der Waals surface area contributed by atoms with E-state index < -0.39 is 25.7 Å². The summed E-state index contributed by atoms with van der Waals surface area (Å²) in [4.78, 5) is -0.276. The molecule has 0 radical (unpaired) electrons. The minimum atomic E-state index is -3.98. The van der Waals surface area contributed by atoms with Crippen molar-refractivity contribution in [1.29, 1.82) is 0 Å². The lowest BCUT2D eigenvalue weighted by Crippen LogP contribution is -2.32. The molecule has 0 aromatic heterocycles. The molecule has 0 atom stereocenters. The van der Waals surface area contributed by atoms with Crippen molar-refractivity contribution in [2.45, 2.75) is 4.90 Å². The van der Waals surface area contributed by atoms with Crippen LogP contribution in [0.4, 0.5) is 10.1 Å². The van der Waals surface area contributed by atoms with Gasteiger partial charge in [0.1, 0.15) is 20.5 Å². The van der Waals surface area contributed by atoms with Gasteiger partial charge in [-0.25, -0.2) is 21.2 Å². The number of nitrogens with zero attached hydrogens (tertiary/aromatic N) is 1. The highest BCUT2D eigenvalue weighted by Crippen LogP contribution is 2.27. The molecule has 0 bridgehead atoms. The van der Waals surface area contributed by atoms with Gasteiger partial charge in [-0.1, -0.05) is 0 Å². The molecule has 0 spiro atoms. The molecule has 0 aliphatic carbocycles. The number of halogens is 2. The molecule has 0 amide bonds. The zero-order valence-corrected chi connectivity index (χ0v) is 14.0. The maximum atomic E-state index is 13.2. The van der Waals surface area contributed by atoms with Crippen molar-refractivity contribution in [3.8, 4) is 0 Å². The Hall–Kier alpha value is -0.710. The number of anilines is 1. The Kier molecular flexibility index (Phi) is 5.17. The Morgan fingerprint density at radius 2 is 1.85 bits per heavy atom. The van der Waals surface area contributed by atoms with Gasteiger partial charge in [0, 0.05) is 19.8 Å². The molecule has 0 aliphatic heterocycles. The third-order valence-electron chi connectivity index (χ3n) is 2.52. The molecular weight excluding hydrogens is 375 g/mol. The molecule has 1 aromatic rings. The molecule has 1 rings (SSSR count). The summed E-state index contributed by atoms with van der Waals surface area (Å²) < 4.78 is 60.7. The van der Waals surface area contributed by atoms with Crippen molar-refractivity contribution in [3.63, 3.8) is 0 Å². The molecule has 6 nitrogen and oxygen atoms in total. The van der Waals surface area contributed by atoms with Crippen LogP contribution in [0.15, 0.2) is 21.5 Å². The number of benzene rings is 1. The highest BCUT2D eigenvalue weighted by atomic mass is 79.9. The van der Waals surface area contributed by atoms with Crippen LogP contribution in [0, 0.1) is 5.82 Å². The van der Waals surface area contributed by atoms with Gasteiger partial charge < -0.3 is 5.73 Å². The molecule has 1 aromatic carbocycles. The summed E-state index contributed by atoms with van der Waals surface area (Å²) in [6.45, 7) is -0.213. The maximum absolute atomic E-state index is 13.2. The van der Waals surface area contributed by atoms with E-state index in [1.54, 1.807) is 0 Å². The average molecular weight is 389 g/mol. The number of sulfone groups is 1. The second-order valence-corrected chi connectivity index (χ2v) is 9.39. The van der Waals surface area contributed by atoms with Gasteiger partial charge in [-0.05, 0) is 28.1 Å². The normalized spacial score (nSPS) is 12.8. The van der Waals surface area contributed by atoms with Crippen LogP contribution < -0.4 is 5.73 Å². The first-order chi connectivity index (χ1) is 8.95. The van der Waals surface area contributed by atoms with E-state index in [9.17, 15) is 21.2 Å². The largest absolute Gasteiger partial charge is 0.398 e. The fraction of sp³-hybridized carbons (Fsp3) is 0.400. The molecule has 10 heteroatoms. The van der Waals surface area contributed by atoms with Crippen LogP contribution in [0.2, 0.25) is 0 Å². The first-order valence-electron chi connectivity index (χ1n) is 5.34. The van der Waals surface area contributed by atoms with Crippen molar-refractivity contribution >= 4 is 41.5 Å². The van der Waals surface area contributed by atoms with Gasteiger partial charge in [-0.2, -0.15) is 4.31 Å². The van der Waals surface area contributed by atoms with Crippen LogP contribution in [0.1, 0.15) is 0 Å². The topological polar surface area (TPSA) is 97.5 Å². The molecule has 0 fully saturated rings. The monoisotopic (exact) mass is 388 g/mol. The van der Waals surface area contributed by atoms with Crippen LogP contribution in [-0.2, 0) is 19.9 Å². The summed E-state index contributed by atoms with van der Waals surface area (Å²) in [5.41, 5.74) is 5.27. The van der Waals surface area contributed by atoms with Gasteiger partial charge in [0.25, 0.3) is 0 Å². The summed E-state index contributed by atoms with van der Waals surface area (Å²) in [7, 11) is -6.04. The highest BCUT2D eigenvalue weighted by Gasteiger charge is 2.25. The third kappa shape index (κ3) is 4.14. The maximum Gasteiger partial charge on any atom is 0.244 e. The van der Waals surface area contributed by atoms with Crippen LogP contribution in [-0.4, -0.2) is 46.7 Å². The molecule has 0 saturated heterocycles.